The molecule has 1 N–H and O–H groups in total. The van der Waals surface area contributed by atoms with Gasteiger partial charge in [0.25, 0.3) is 0 Å². The van der Waals surface area contributed by atoms with Crippen LogP contribution in [0, 0.1) is 12.8 Å². The molecule has 2 aliphatic rings. The number of rotatable bonds is 5. The molecule has 4 rings (SSSR count). The van der Waals surface area contributed by atoms with Crippen LogP contribution in [0.2, 0.25) is 0 Å². The van der Waals surface area contributed by atoms with E-state index in [0.29, 0.717) is 0 Å². The Morgan fingerprint density at radius 1 is 1.25 bits per heavy atom. The van der Waals surface area contributed by atoms with Crippen LogP contribution in [-0.2, 0) is 5.41 Å². The topological polar surface area (TPSA) is 58.1 Å². The molecular formula is C23H30N4O. The summed E-state index contributed by atoms with van der Waals surface area (Å²) in [7, 11) is 0. The first-order valence-electron chi connectivity index (χ1n) is 10.5. The van der Waals surface area contributed by atoms with Gasteiger partial charge in [-0.25, -0.2) is 0 Å². The predicted molar refractivity (Wildman–Crippen MR) is 110 cm³/mol. The van der Waals surface area contributed by atoms with Crippen molar-refractivity contribution in [3.8, 4) is 0 Å². The molecule has 1 unspecified atom stereocenters. The molecule has 0 radical (unpaired) electrons. The number of nitrogens with zero attached hydrogens (tertiary/aromatic N) is 3. The van der Waals surface area contributed by atoms with Crippen molar-refractivity contribution >= 4 is 5.78 Å². The molecule has 0 aromatic carbocycles. The van der Waals surface area contributed by atoms with Gasteiger partial charge in [-0.1, -0.05) is 6.07 Å². The average molecular weight is 379 g/mol. The van der Waals surface area contributed by atoms with E-state index in [2.05, 4.69) is 34.3 Å². The number of carbonyl (C=O) groups excluding carboxylic acids is 1. The number of ketones is 1. The highest BCUT2D eigenvalue weighted by Crippen LogP contribution is 2.35. The molecule has 2 saturated heterocycles. The summed E-state index contributed by atoms with van der Waals surface area (Å²) < 4.78 is 0. The van der Waals surface area contributed by atoms with E-state index in [-0.39, 0.29) is 17.1 Å². The fraction of sp³-hybridized carbons (Fsp3) is 0.522. The lowest BCUT2D eigenvalue weighted by molar-refractivity contribution is 0.0761. The van der Waals surface area contributed by atoms with E-state index in [0.717, 1.165) is 64.0 Å². The molecule has 0 bridgehead atoms. The van der Waals surface area contributed by atoms with Gasteiger partial charge < -0.3 is 10.2 Å². The highest BCUT2D eigenvalue weighted by atomic mass is 16.1. The minimum Gasteiger partial charge on any atom is -0.317 e. The number of piperidine rings is 2. The maximum Gasteiger partial charge on any atom is 0.168 e. The van der Waals surface area contributed by atoms with Gasteiger partial charge in [0.2, 0.25) is 0 Å². The van der Waals surface area contributed by atoms with Crippen LogP contribution in [0.25, 0.3) is 0 Å². The molecule has 5 heteroatoms. The second kappa shape index (κ2) is 8.50. The molecule has 2 aliphatic heterocycles. The lowest BCUT2D eigenvalue weighted by Gasteiger charge is -2.43. The number of nitrogens with one attached hydrogen (secondary N) is 1. The number of hydrogen-bond acceptors (Lipinski definition) is 5. The summed E-state index contributed by atoms with van der Waals surface area (Å²) in [5.74, 6) is 0.313. The maximum absolute atomic E-state index is 12.9. The second-order valence-electron chi connectivity index (χ2n) is 8.43. The maximum atomic E-state index is 12.9. The zero-order chi connectivity index (χ0) is 19.4. The van der Waals surface area contributed by atoms with Crippen LogP contribution in [-0.4, -0.2) is 53.4 Å². The van der Waals surface area contributed by atoms with Gasteiger partial charge in [-0.05, 0) is 76.0 Å². The molecule has 2 aromatic rings. The van der Waals surface area contributed by atoms with E-state index in [4.69, 9.17) is 4.98 Å². The standard InChI is InChI=1S/C23H30N4O/c1-18-6-7-21(26-14-18)23(8-11-24-12-9-23)17-27-13-3-5-20(16-27)22(28)19-4-2-10-25-15-19/h2,4,6-7,10,14-15,20,24H,3,5,8-9,11-13,16-17H2,1H3. The summed E-state index contributed by atoms with van der Waals surface area (Å²) in [4.78, 5) is 24.4. The number of carbonyl (C=O) groups is 1. The number of aromatic nitrogens is 2. The van der Waals surface area contributed by atoms with Crippen LogP contribution in [0.3, 0.4) is 0 Å². The molecule has 0 saturated carbocycles. The Labute approximate surface area is 167 Å². The Hall–Kier alpha value is -2.11. The minimum absolute atomic E-state index is 0.0719. The monoisotopic (exact) mass is 378 g/mol. The molecule has 4 heterocycles. The number of aryl methyl sites for hydroxylation is 1. The fourth-order valence-electron chi connectivity index (χ4n) is 4.77. The first-order chi connectivity index (χ1) is 13.7. The Kier molecular flexibility index (Phi) is 5.83. The third-order valence-corrected chi connectivity index (χ3v) is 6.36. The van der Waals surface area contributed by atoms with E-state index < -0.39 is 0 Å². The van der Waals surface area contributed by atoms with Crippen LogP contribution in [0.4, 0.5) is 0 Å². The van der Waals surface area contributed by atoms with Crippen molar-refractivity contribution in [3.05, 3.63) is 59.7 Å². The highest BCUT2D eigenvalue weighted by Gasteiger charge is 2.38. The quantitative estimate of drug-likeness (QED) is 0.811. The van der Waals surface area contributed by atoms with Gasteiger partial charge in [0.05, 0.1) is 0 Å². The first-order valence-corrected chi connectivity index (χ1v) is 10.5. The lowest BCUT2D eigenvalue weighted by Crippen LogP contribution is -2.51. The molecule has 0 amide bonds. The fourth-order valence-corrected chi connectivity index (χ4v) is 4.77. The number of pyridine rings is 2. The third-order valence-electron chi connectivity index (χ3n) is 6.36. The molecular weight excluding hydrogens is 348 g/mol. The Bertz CT molecular complexity index is 784. The van der Waals surface area contributed by atoms with Crippen LogP contribution in [0.15, 0.2) is 42.9 Å². The van der Waals surface area contributed by atoms with Crippen molar-refractivity contribution in [1.29, 1.82) is 0 Å². The number of likely N-dealkylation sites (tertiary alicyclic amines) is 1. The zero-order valence-corrected chi connectivity index (χ0v) is 16.7. The molecule has 148 valence electrons. The van der Waals surface area contributed by atoms with Crippen LogP contribution >= 0.6 is 0 Å². The predicted octanol–water partition coefficient (Wildman–Crippen LogP) is 3.00. The highest BCUT2D eigenvalue weighted by molar-refractivity contribution is 5.97. The van der Waals surface area contributed by atoms with Gasteiger partial charge in [-0.3, -0.25) is 14.8 Å². The molecule has 5 nitrogen and oxygen atoms in total. The lowest BCUT2D eigenvalue weighted by atomic mass is 9.74. The summed E-state index contributed by atoms with van der Waals surface area (Å²) >= 11 is 0. The molecule has 28 heavy (non-hydrogen) atoms. The van der Waals surface area contributed by atoms with E-state index >= 15 is 0 Å². The van der Waals surface area contributed by atoms with Crippen LogP contribution in [0.1, 0.15) is 47.3 Å². The van der Waals surface area contributed by atoms with E-state index in [1.165, 1.54) is 11.3 Å². The van der Waals surface area contributed by atoms with Gasteiger partial charge in [-0.2, -0.15) is 0 Å². The Morgan fingerprint density at radius 2 is 2.11 bits per heavy atom. The summed E-state index contributed by atoms with van der Waals surface area (Å²) in [6.45, 7) is 7.04. The summed E-state index contributed by atoms with van der Waals surface area (Å²) in [5.41, 5.74) is 3.23. The van der Waals surface area contributed by atoms with Gasteiger partial charge in [-0.15, -0.1) is 0 Å². The molecule has 0 spiro atoms. The van der Waals surface area contributed by atoms with Crippen molar-refractivity contribution in [2.24, 2.45) is 5.92 Å². The molecule has 2 fully saturated rings. The Balaban J connectivity index is 1.50. The van der Waals surface area contributed by atoms with Crippen LogP contribution < -0.4 is 5.32 Å². The normalized spacial score (nSPS) is 22.7. The van der Waals surface area contributed by atoms with Gasteiger partial charge >= 0.3 is 0 Å². The van der Waals surface area contributed by atoms with Crippen molar-refractivity contribution in [1.82, 2.24) is 20.2 Å². The molecule has 1 atom stereocenters. The van der Waals surface area contributed by atoms with Crippen LogP contribution in [0.5, 0.6) is 0 Å². The van der Waals surface area contributed by atoms with Crippen molar-refractivity contribution in [2.45, 2.75) is 38.0 Å². The van der Waals surface area contributed by atoms with E-state index in [9.17, 15) is 4.79 Å². The van der Waals surface area contributed by atoms with E-state index in [1.807, 2.05) is 18.3 Å². The first kappa shape index (κ1) is 19.2. The summed E-state index contributed by atoms with van der Waals surface area (Å²) in [6.07, 6.45) is 9.66. The Morgan fingerprint density at radius 3 is 2.82 bits per heavy atom. The van der Waals surface area contributed by atoms with Gasteiger partial charge in [0, 0.05) is 54.3 Å². The molecule has 2 aromatic heterocycles. The largest absolute Gasteiger partial charge is 0.317 e. The van der Waals surface area contributed by atoms with Gasteiger partial charge in [0.15, 0.2) is 5.78 Å². The third kappa shape index (κ3) is 4.15. The zero-order valence-electron chi connectivity index (χ0n) is 16.7. The van der Waals surface area contributed by atoms with Crippen molar-refractivity contribution in [2.75, 3.05) is 32.7 Å². The number of hydrogen-bond donors (Lipinski definition) is 1. The molecule has 0 aliphatic carbocycles. The smallest absolute Gasteiger partial charge is 0.168 e. The average Bonchev–Trinajstić information content (AvgIpc) is 2.75. The van der Waals surface area contributed by atoms with Crippen molar-refractivity contribution in [3.63, 3.8) is 0 Å². The van der Waals surface area contributed by atoms with Gasteiger partial charge in [0.1, 0.15) is 0 Å². The summed E-state index contributed by atoms with van der Waals surface area (Å²) in [6, 6.07) is 8.12. The minimum atomic E-state index is 0.0719. The SMILES string of the molecule is Cc1ccc(C2(CN3CCCC(C(=O)c4cccnc4)C3)CCNCC2)nc1. The van der Waals surface area contributed by atoms with Crippen molar-refractivity contribution < 1.29 is 4.79 Å². The number of Topliss-reactive ketones (excluding diaryl/α,β-unsaturated/α-hetero) is 1. The van der Waals surface area contributed by atoms with E-state index in [1.54, 1.807) is 12.4 Å². The summed E-state index contributed by atoms with van der Waals surface area (Å²) in [5, 5.41) is 3.50. The second-order valence-corrected chi connectivity index (χ2v) is 8.43.